The van der Waals surface area contributed by atoms with E-state index in [0.717, 1.165) is 12.8 Å². The van der Waals surface area contributed by atoms with Crippen molar-refractivity contribution in [3.63, 3.8) is 0 Å². The van der Waals surface area contributed by atoms with Crippen molar-refractivity contribution in [1.29, 1.82) is 0 Å². The SMILES string of the molecule is CCC(CC)(CCO)CNC(=O)Nc1ccc(OC)c(Cl)c1. The number of ether oxygens (including phenoxy) is 1. The standard InChI is InChI=1S/C16H25ClN2O3/c1-4-16(5-2,8-9-20)11-18-15(21)19-12-6-7-14(22-3)13(17)10-12/h6-7,10,20H,4-5,8-9,11H2,1-3H3,(H2,18,19,21). The zero-order valence-corrected chi connectivity index (χ0v) is 14.2. The second-order valence-electron chi connectivity index (χ2n) is 5.34. The van der Waals surface area contributed by atoms with Crippen LogP contribution in [-0.2, 0) is 0 Å². The molecule has 0 unspecified atom stereocenters. The van der Waals surface area contributed by atoms with Crippen molar-refractivity contribution in [2.75, 3.05) is 25.6 Å². The van der Waals surface area contributed by atoms with Crippen molar-refractivity contribution in [2.24, 2.45) is 5.41 Å². The molecule has 22 heavy (non-hydrogen) atoms. The summed E-state index contributed by atoms with van der Waals surface area (Å²) in [6.45, 7) is 4.79. The number of methoxy groups -OCH3 is 1. The van der Waals surface area contributed by atoms with Gasteiger partial charge in [0.05, 0.1) is 12.1 Å². The van der Waals surface area contributed by atoms with Gasteiger partial charge in [-0.3, -0.25) is 0 Å². The number of rotatable bonds is 8. The molecule has 0 radical (unpaired) electrons. The lowest BCUT2D eigenvalue weighted by molar-refractivity contribution is 0.165. The Hall–Kier alpha value is -1.46. The number of halogens is 1. The predicted molar refractivity (Wildman–Crippen MR) is 89.7 cm³/mol. The second kappa shape index (κ2) is 8.86. The summed E-state index contributed by atoms with van der Waals surface area (Å²) >= 11 is 6.02. The Labute approximate surface area is 137 Å². The van der Waals surface area contributed by atoms with Gasteiger partial charge in [0, 0.05) is 18.8 Å². The van der Waals surface area contributed by atoms with E-state index >= 15 is 0 Å². The topological polar surface area (TPSA) is 70.6 Å². The molecule has 0 saturated heterocycles. The molecule has 5 nitrogen and oxygen atoms in total. The number of amides is 2. The summed E-state index contributed by atoms with van der Waals surface area (Å²) in [6.07, 6.45) is 2.48. The van der Waals surface area contributed by atoms with Gasteiger partial charge in [0.15, 0.2) is 0 Å². The highest BCUT2D eigenvalue weighted by Gasteiger charge is 2.26. The number of carbonyl (C=O) groups is 1. The molecule has 0 spiro atoms. The Kier molecular flexibility index (Phi) is 7.48. The number of carbonyl (C=O) groups excluding carboxylic acids is 1. The van der Waals surface area contributed by atoms with Gasteiger partial charge in [-0.2, -0.15) is 0 Å². The van der Waals surface area contributed by atoms with Crippen LogP contribution in [0.1, 0.15) is 33.1 Å². The van der Waals surface area contributed by atoms with E-state index in [2.05, 4.69) is 24.5 Å². The fourth-order valence-electron chi connectivity index (χ4n) is 2.37. The molecule has 0 saturated carbocycles. The molecule has 1 rings (SSSR count). The fourth-order valence-corrected chi connectivity index (χ4v) is 2.62. The van der Waals surface area contributed by atoms with E-state index < -0.39 is 0 Å². The summed E-state index contributed by atoms with van der Waals surface area (Å²) in [5.41, 5.74) is 0.535. The molecule has 0 bridgehead atoms. The molecule has 3 N–H and O–H groups in total. The maximum Gasteiger partial charge on any atom is 0.319 e. The van der Waals surface area contributed by atoms with E-state index in [4.69, 9.17) is 16.3 Å². The van der Waals surface area contributed by atoms with Gasteiger partial charge in [-0.1, -0.05) is 25.4 Å². The summed E-state index contributed by atoms with van der Waals surface area (Å²) in [4.78, 5) is 12.0. The van der Waals surface area contributed by atoms with E-state index in [1.54, 1.807) is 18.2 Å². The third kappa shape index (κ3) is 5.07. The van der Waals surface area contributed by atoms with Gasteiger partial charge in [0.1, 0.15) is 5.75 Å². The van der Waals surface area contributed by atoms with Crippen LogP contribution >= 0.6 is 11.6 Å². The van der Waals surface area contributed by atoms with Gasteiger partial charge in [0.2, 0.25) is 0 Å². The first-order valence-electron chi connectivity index (χ1n) is 7.49. The lowest BCUT2D eigenvalue weighted by Crippen LogP contribution is -2.39. The molecule has 0 aromatic heterocycles. The number of benzene rings is 1. The first kappa shape index (κ1) is 18.6. The maximum atomic E-state index is 12.0. The Morgan fingerprint density at radius 1 is 1.36 bits per heavy atom. The summed E-state index contributed by atoms with van der Waals surface area (Å²) in [7, 11) is 1.54. The first-order chi connectivity index (χ1) is 10.5. The average molecular weight is 329 g/mol. The summed E-state index contributed by atoms with van der Waals surface area (Å²) in [5.74, 6) is 0.562. The Balaban J connectivity index is 2.60. The number of hydrogen-bond donors (Lipinski definition) is 3. The van der Waals surface area contributed by atoms with Crippen LogP contribution in [-0.4, -0.2) is 31.4 Å². The molecule has 0 aliphatic rings. The second-order valence-corrected chi connectivity index (χ2v) is 5.74. The predicted octanol–water partition coefficient (Wildman–Crippen LogP) is 3.66. The molecular formula is C16H25ClN2O3. The van der Waals surface area contributed by atoms with E-state index in [0.29, 0.717) is 29.4 Å². The van der Waals surface area contributed by atoms with Crippen molar-refractivity contribution in [2.45, 2.75) is 33.1 Å². The third-order valence-electron chi connectivity index (χ3n) is 4.18. The number of urea groups is 1. The molecule has 124 valence electrons. The smallest absolute Gasteiger partial charge is 0.319 e. The Morgan fingerprint density at radius 2 is 2.05 bits per heavy atom. The highest BCUT2D eigenvalue weighted by atomic mass is 35.5. The van der Waals surface area contributed by atoms with Crippen molar-refractivity contribution >= 4 is 23.3 Å². The molecule has 2 amide bonds. The third-order valence-corrected chi connectivity index (χ3v) is 4.47. The van der Waals surface area contributed by atoms with Crippen molar-refractivity contribution < 1.29 is 14.6 Å². The lowest BCUT2D eigenvalue weighted by Gasteiger charge is -2.31. The van der Waals surface area contributed by atoms with Gasteiger partial charge < -0.3 is 20.5 Å². The summed E-state index contributed by atoms with van der Waals surface area (Å²) in [5, 5.41) is 15.2. The minimum atomic E-state index is -0.287. The van der Waals surface area contributed by atoms with E-state index in [1.165, 1.54) is 7.11 Å². The zero-order valence-electron chi connectivity index (χ0n) is 13.4. The van der Waals surface area contributed by atoms with Crippen molar-refractivity contribution in [3.05, 3.63) is 23.2 Å². The van der Waals surface area contributed by atoms with Gasteiger partial charge in [-0.05, 0) is 42.9 Å². The molecule has 0 heterocycles. The minimum absolute atomic E-state index is 0.0658. The molecular weight excluding hydrogens is 304 g/mol. The monoisotopic (exact) mass is 328 g/mol. The molecule has 0 fully saturated rings. The normalized spacial score (nSPS) is 11.1. The Bertz CT molecular complexity index is 490. The van der Waals surface area contributed by atoms with E-state index in [9.17, 15) is 9.90 Å². The summed E-state index contributed by atoms with van der Waals surface area (Å²) < 4.78 is 5.07. The van der Waals surface area contributed by atoms with Crippen molar-refractivity contribution in [3.8, 4) is 5.75 Å². The van der Waals surface area contributed by atoms with Gasteiger partial charge in [-0.25, -0.2) is 4.79 Å². The van der Waals surface area contributed by atoms with Gasteiger partial charge >= 0.3 is 6.03 Å². The van der Waals surface area contributed by atoms with Crippen LogP contribution in [0.3, 0.4) is 0 Å². The minimum Gasteiger partial charge on any atom is -0.495 e. The molecule has 0 aliphatic heterocycles. The van der Waals surface area contributed by atoms with Crippen LogP contribution in [0.5, 0.6) is 5.75 Å². The van der Waals surface area contributed by atoms with Crippen LogP contribution in [0.15, 0.2) is 18.2 Å². The zero-order chi connectivity index (χ0) is 16.6. The highest BCUT2D eigenvalue weighted by molar-refractivity contribution is 6.32. The van der Waals surface area contributed by atoms with Crippen molar-refractivity contribution in [1.82, 2.24) is 5.32 Å². The molecule has 0 aliphatic carbocycles. The van der Waals surface area contributed by atoms with Crippen LogP contribution in [0, 0.1) is 5.41 Å². The van der Waals surface area contributed by atoms with E-state index in [-0.39, 0.29) is 18.1 Å². The average Bonchev–Trinajstić information content (AvgIpc) is 2.52. The molecule has 0 atom stereocenters. The number of nitrogens with one attached hydrogen (secondary N) is 2. The maximum absolute atomic E-state index is 12.0. The van der Waals surface area contributed by atoms with Crippen LogP contribution in [0.2, 0.25) is 5.02 Å². The number of aliphatic hydroxyl groups is 1. The van der Waals surface area contributed by atoms with Gasteiger partial charge in [-0.15, -0.1) is 0 Å². The van der Waals surface area contributed by atoms with Crippen LogP contribution < -0.4 is 15.4 Å². The molecule has 6 heteroatoms. The molecule has 1 aromatic rings. The number of hydrogen-bond acceptors (Lipinski definition) is 3. The number of aliphatic hydroxyl groups excluding tert-OH is 1. The van der Waals surface area contributed by atoms with E-state index in [1.807, 2.05) is 0 Å². The van der Waals surface area contributed by atoms with Gasteiger partial charge in [0.25, 0.3) is 0 Å². The largest absolute Gasteiger partial charge is 0.495 e. The lowest BCUT2D eigenvalue weighted by atomic mass is 9.79. The quantitative estimate of drug-likeness (QED) is 0.682. The summed E-state index contributed by atoms with van der Waals surface area (Å²) in [6, 6.07) is 4.78. The number of anilines is 1. The van der Waals surface area contributed by atoms with Crippen LogP contribution in [0.4, 0.5) is 10.5 Å². The fraction of sp³-hybridized carbons (Fsp3) is 0.562. The van der Waals surface area contributed by atoms with Crippen LogP contribution in [0.25, 0.3) is 0 Å². The Morgan fingerprint density at radius 3 is 2.55 bits per heavy atom. The molecule has 1 aromatic carbocycles. The highest BCUT2D eigenvalue weighted by Crippen LogP contribution is 2.30. The first-order valence-corrected chi connectivity index (χ1v) is 7.87.